The number of ether oxygens (including phenoxy) is 1. The molecule has 0 saturated carbocycles. The third kappa shape index (κ3) is 5.94. The Kier molecular flexibility index (Phi) is 8.14. The molecule has 5 rings (SSSR count). The lowest BCUT2D eigenvalue weighted by molar-refractivity contribution is -0.119. The minimum atomic E-state index is -1.31. The molecule has 1 saturated heterocycles. The van der Waals surface area contributed by atoms with Gasteiger partial charge in [0.15, 0.2) is 0 Å². The Morgan fingerprint density at radius 1 is 1.11 bits per heavy atom. The number of thiophene rings is 1. The minimum absolute atomic E-state index is 0.0120. The molecular weight excluding hydrogens is 505 g/mol. The van der Waals surface area contributed by atoms with E-state index >= 15 is 0 Å². The van der Waals surface area contributed by atoms with Crippen molar-refractivity contribution in [3.8, 4) is 0 Å². The molecule has 1 amide bonds. The van der Waals surface area contributed by atoms with Crippen LogP contribution in [0.5, 0.6) is 0 Å². The van der Waals surface area contributed by atoms with E-state index in [4.69, 9.17) is 9.84 Å². The van der Waals surface area contributed by atoms with E-state index in [1.807, 2.05) is 12.3 Å². The molecule has 1 N–H and O–H groups in total. The Balaban J connectivity index is 1.21. The normalized spacial score (nSPS) is 17.1. The van der Waals surface area contributed by atoms with Crippen LogP contribution in [0.2, 0.25) is 0 Å². The van der Waals surface area contributed by atoms with Gasteiger partial charge in [-0.2, -0.15) is 0 Å². The zero-order valence-corrected chi connectivity index (χ0v) is 22.5. The second-order valence-electron chi connectivity index (χ2n) is 10.1. The number of nitrogens with zero attached hydrogens (tertiary/aromatic N) is 3. The summed E-state index contributed by atoms with van der Waals surface area (Å²) in [5, 5.41) is 12.3. The van der Waals surface area contributed by atoms with Crippen molar-refractivity contribution in [3.63, 3.8) is 0 Å². The Labute approximate surface area is 226 Å². The van der Waals surface area contributed by atoms with Gasteiger partial charge < -0.3 is 19.6 Å². The average molecular weight is 540 g/mol. The first-order valence-corrected chi connectivity index (χ1v) is 14.2. The predicted molar refractivity (Wildman–Crippen MR) is 149 cm³/mol. The Morgan fingerprint density at radius 3 is 2.68 bits per heavy atom. The van der Waals surface area contributed by atoms with Gasteiger partial charge in [0.05, 0.1) is 6.54 Å². The first kappa shape index (κ1) is 26.4. The van der Waals surface area contributed by atoms with Gasteiger partial charge in [-0.25, -0.2) is 9.18 Å². The van der Waals surface area contributed by atoms with Gasteiger partial charge in [0, 0.05) is 60.6 Å². The van der Waals surface area contributed by atoms with Crippen LogP contribution < -0.4 is 9.80 Å². The summed E-state index contributed by atoms with van der Waals surface area (Å²) >= 11 is 1.57. The highest BCUT2D eigenvalue weighted by Crippen LogP contribution is 2.33. The first-order chi connectivity index (χ1) is 18.4. The summed E-state index contributed by atoms with van der Waals surface area (Å²) in [6.07, 6.45) is 1.48. The van der Waals surface area contributed by atoms with E-state index in [2.05, 4.69) is 34.1 Å². The Bertz CT molecular complexity index is 1300. The number of piperazine rings is 1. The average Bonchev–Trinajstić information content (AvgIpc) is 3.37. The van der Waals surface area contributed by atoms with E-state index in [0.29, 0.717) is 19.3 Å². The molecule has 1 unspecified atom stereocenters. The largest absolute Gasteiger partial charge is 0.506 e. The molecule has 1 atom stereocenters. The van der Waals surface area contributed by atoms with Gasteiger partial charge in [-0.3, -0.25) is 9.69 Å². The monoisotopic (exact) mass is 539 g/mol. The topological polar surface area (TPSA) is 73.3 Å². The minimum Gasteiger partial charge on any atom is -0.450 e. The fraction of sp³-hybridized carbons (Fsp3) is 0.448. The highest BCUT2D eigenvalue weighted by Gasteiger charge is 2.28. The summed E-state index contributed by atoms with van der Waals surface area (Å²) in [5.74, 6) is -0.175. The lowest BCUT2D eigenvalue weighted by Gasteiger charge is -2.36. The zero-order valence-electron chi connectivity index (χ0n) is 21.7. The van der Waals surface area contributed by atoms with Crippen LogP contribution in [0.3, 0.4) is 0 Å². The number of halogens is 1. The first-order valence-electron chi connectivity index (χ1n) is 13.4. The highest BCUT2D eigenvalue weighted by atomic mass is 32.1. The molecule has 1 fully saturated rings. The summed E-state index contributed by atoms with van der Waals surface area (Å²) < 4.78 is 20.2. The summed E-state index contributed by atoms with van der Waals surface area (Å²) in [6, 6.07) is 11.7. The second-order valence-corrected chi connectivity index (χ2v) is 11.0. The van der Waals surface area contributed by atoms with Gasteiger partial charge in [-0.1, -0.05) is 25.5 Å². The lowest BCUT2D eigenvalue weighted by atomic mass is 9.97. The van der Waals surface area contributed by atoms with E-state index in [1.165, 1.54) is 0 Å². The molecule has 3 heterocycles. The molecule has 38 heavy (non-hydrogen) atoms. The third-order valence-electron chi connectivity index (χ3n) is 7.56. The number of carboxylic acid groups (broad SMARTS) is 1. The summed E-state index contributed by atoms with van der Waals surface area (Å²) in [4.78, 5) is 30.4. The summed E-state index contributed by atoms with van der Waals surface area (Å²) in [6.45, 7) is 6.63. The molecule has 7 nitrogen and oxygen atoms in total. The van der Waals surface area contributed by atoms with Crippen molar-refractivity contribution in [2.24, 2.45) is 0 Å². The van der Waals surface area contributed by atoms with Crippen LogP contribution in [-0.2, 0) is 22.4 Å². The maximum atomic E-state index is 14.2. The molecule has 2 aliphatic heterocycles. The number of benzene rings is 2. The number of fused-ring (bicyclic) bond motifs is 2. The number of rotatable bonds is 9. The maximum Gasteiger partial charge on any atom is 0.506 e. The van der Waals surface area contributed by atoms with Crippen molar-refractivity contribution in [1.29, 1.82) is 0 Å². The van der Waals surface area contributed by atoms with Crippen LogP contribution in [0.4, 0.5) is 20.6 Å². The Morgan fingerprint density at radius 2 is 1.92 bits per heavy atom. The van der Waals surface area contributed by atoms with Crippen molar-refractivity contribution in [1.82, 2.24) is 4.90 Å². The summed E-state index contributed by atoms with van der Waals surface area (Å²) in [7, 11) is 0. The van der Waals surface area contributed by atoms with Crippen molar-refractivity contribution in [2.75, 3.05) is 49.1 Å². The summed E-state index contributed by atoms with van der Waals surface area (Å²) in [5.41, 5.74) is 4.13. The standard InChI is InChI=1S/C29H34FN3O4S/c1-2-3-23(37-29(35)36)19-33-25-16-20(4-5-21(25)6-7-28(33)34)8-10-31-11-13-32(14-12-31)26-17-22(30)18-27-24(26)9-15-38-27/h4-5,9,15-18,23H,2-3,6-8,10-14,19H2,1H3,(H,35,36). The molecule has 3 aromatic rings. The van der Waals surface area contributed by atoms with Crippen molar-refractivity contribution in [3.05, 3.63) is 58.7 Å². The van der Waals surface area contributed by atoms with Gasteiger partial charge >= 0.3 is 6.16 Å². The van der Waals surface area contributed by atoms with Gasteiger partial charge in [-0.05, 0) is 60.0 Å². The number of aryl methyl sites for hydroxylation is 1. The van der Waals surface area contributed by atoms with Gasteiger partial charge in [0.25, 0.3) is 0 Å². The van der Waals surface area contributed by atoms with E-state index in [-0.39, 0.29) is 18.3 Å². The van der Waals surface area contributed by atoms with Crippen molar-refractivity contribution < 1.29 is 23.8 Å². The zero-order chi connectivity index (χ0) is 26.6. The smallest absolute Gasteiger partial charge is 0.450 e. The number of carbonyl (C=O) groups is 2. The quantitative estimate of drug-likeness (QED) is 0.360. The number of carbonyl (C=O) groups excluding carboxylic acids is 1. The van der Waals surface area contributed by atoms with E-state index in [9.17, 15) is 14.0 Å². The molecule has 1 aromatic heterocycles. The molecule has 0 spiro atoms. The number of hydrogen-bond acceptors (Lipinski definition) is 6. The van der Waals surface area contributed by atoms with Crippen molar-refractivity contribution in [2.45, 2.75) is 45.1 Å². The molecule has 2 aromatic carbocycles. The number of amides is 1. The Hall–Kier alpha value is -3.17. The van der Waals surface area contributed by atoms with Gasteiger partial charge in [0.2, 0.25) is 5.91 Å². The lowest BCUT2D eigenvalue weighted by Crippen LogP contribution is -2.47. The molecule has 0 aliphatic carbocycles. The van der Waals surface area contributed by atoms with Crippen LogP contribution in [0.25, 0.3) is 10.1 Å². The van der Waals surface area contributed by atoms with Gasteiger partial charge in [-0.15, -0.1) is 11.3 Å². The van der Waals surface area contributed by atoms with E-state index < -0.39 is 12.3 Å². The third-order valence-corrected chi connectivity index (χ3v) is 8.42. The van der Waals surface area contributed by atoms with Crippen LogP contribution in [0, 0.1) is 5.82 Å². The van der Waals surface area contributed by atoms with Crippen LogP contribution in [0.15, 0.2) is 41.8 Å². The van der Waals surface area contributed by atoms with Gasteiger partial charge in [0.1, 0.15) is 11.9 Å². The molecular formula is C29H34FN3O4S. The number of hydrogen-bond donors (Lipinski definition) is 1. The molecule has 2 aliphatic rings. The van der Waals surface area contributed by atoms with Crippen LogP contribution in [0.1, 0.15) is 37.3 Å². The van der Waals surface area contributed by atoms with Crippen LogP contribution >= 0.6 is 11.3 Å². The predicted octanol–water partition coefficient (Wildman–Crippen LogP) is 5.55. The molecule has 0 bridgehead atoms. The second kappa shape index (κ2) is 11.7. The number of anilines is 2. The maximum absolute atomic E-state index is 14.2. The fourth-order valence-electron chi connectivity index (χ4n) is 5.58. The molecule has 202 valence electrons. The van der Waals surface area contributed by atoms with E-state index in [1.54, 1.807) is 28.4 Å². The van der Waals surface area contributed by atoms with Crippen LogP contribution in [-0.4, -0.2) is 67.4 Å². The SMILES string of the molecule is CCCC(CN1C(=O)CCc2ccc(CCN3CCN(c4cc(F)cc5sccc45)CC3)cc21)OC(=O)O. The van der Waals surface area contributed by atoms with Crippen molar-refractivity contribution >= 4 is 44.9 Å². The van der Waals surface area contributed by atoms with E-state index in [0.717, 1.165) is 78.2 Å². The highest BCUT2D eigenvalue weighted by molar-refractivity contribution is 7.17. The molecule has 0 radical (unpaired) electrons. The fourth-order valence-corrected chi connectivity index (χ4v) is 6.41. The molecule has 9 heteroatoms.